The first kappa shape index (κ1) is 13.2. The summed E-state index contributed by atoms with van der Waals surface area (Å²) in [4.78, 5) is 1.01. The Bertz CT molecular complexity index is 422. The highest BCUT2D eigenvalue weighted by Gasteiger charge is 2.33. The minimum atomic E-state index is -4.35. The molecule has 0 amide bonds. The molecule has 0 fully saturated rings. The molecule has 0 radical (unpaired) electrons. The fraction of sp³-hybridized carbons (Fsp3) is 0.500. The zero-order valence-electron chi connectivity index (χ0n) is 9.36. The van der Waals surface area contributed by atoms with Gasteiger partial charge in [-0.05, 0) is 19.9 Å². The van der Waals surface area contributed by atoms with Gasteiger partial charge < -0.3 is 4.90 Å². The quantitative estimate of drug-likeness (QED) is 0.817. The number of nitriles is 1. The van der Waals surface area contributed by atoms with Crippen LogP contribution in [0.1, 0.15) is 19.4 Å². The number of halogens is 3. The molecule has 0 aliphatic heterocycles. The van der Waals surface area contributed by atoms with E-state index in [2.05, 4.69) is 10.2 Å². The summed E-state index contributed by atoms with van der Waals surface area (Å²) in [7, 11) is 0. The third-order valence-corrected chi connectivity index (χ3v) is 2.07. The number of aromatic nitrogens is 2. The van der Waals surface area contributed by atoms with Crippen LogP contribution in [0.5, 0.6) is 0 Å². The monoisotopic (exact) mass is 244 g/mol. The van der Waals surface area contributed by atoms with E-state index in [9.17, 15) is 13.2 Å². The average Bonchev–Trinajstić information content (AvgIpc) is 2.24. The van der Waals surface area contributed by atoms with E-state index in [0.29, 0.717) is 0 Å². The van der Waals surface area contributed by atoms with Crippen LogP contribution in [0.4, 0.5) is 19.0 Å². The summed E-state index contributed by atoms with van der Waals surface area (Å²) in [6.45, 7) is 2.04. The van der Waals surface area contributed by atoms with Gasteiger partial charge in [-0.25, -0.2) is 0 Å². The van der Waals surface area contributed by atoms with Crippen molar-refractivity contribution in [2.24, 2.45) is 0 Å². The number of hydrogen-bond acceptors (Lipinski definition) is 4. The normalized spacial score (nSPS) is 11.4. The van der Waals surface area contributed by atoms with E-state index in [0.717, 1.165) is 4.90 Å². The molecule has 1 heterocycles. The van der Waals surface area contributed by atoms with Crippen molar-refractivity contribution >= 4 is 5.82 Å². The van der Waals surface area contributed by atoms with E-state index in [1.165, 1.54) is 12.3 Å². The molecule has 0 unspecified atom stereocenters. The number of hydrogen-bond donors (Lipinski definition) is 0. The standard InChI is InChI=1S/C10H11F3N4/c1-7(2)17(6-10(11,12)13)9-8(5-14)3-4-15-16-9/h3-4,7H,6H2,1-2H3. The molecule has 92 valence electrons. The van der Waals surface area contributed by atoms with Crippen LogP contribution >= 0.6 is 0 Å². The molecule has 1 aromatic rings. The molecule has 0 N–H and O–H groups in total. The lowest BCUT2D eigenvalue weighted by Gasteiger charge is -2.28. The summed E-state index contributed by atoms with van der Waals surface area (Å²) < 4.78 is 37.2. The van der Waals surface area contributed by atoms with E-state index in [1.54, 1.807) is 19.9 Å². The first-order valence-electron chi connectivity index (χ1n) is 4.90. The highest BCUT2D eigenvalue weighted by molar-refractivity contribution is 5.53. The van der Waals surface area contributed by atoms with Crippen LogP contribution in [0, 0.1) is 11.3 Å². The third kappa shape index (κ3) is 3.59. The summed E-state index contributed by atoms with van der Waals surface area (Å²) in [5.74, 6) is -0.0395. The van der Waals surface area contributed by atoms with E-state index in [-0.39, 0.29) is 11.4 Å². The van der Waals surface area contributed by atoms with Crippen molar-refractivity contribution < 1.29 is 13.2 Å². The molecule has 7 heteroatoms. The van der Waals surface area contributed by atoms with Gasteiger partial charge in [0, 0.05) is 6.04 Å². The zero-order valence-corrected chi connectivity index (χ0v) is 9.36. The number of anilines is 1. The van der Waals surface area contributed by atoms with Crippen LogP contribution in [0.25, 0.3) is 0 Å². The van der Waals surface area contributed by atoms with E-state index in [1.807, 2.05) is 0 Å². The molecule has 0 spiro atoms. The van der Waals surface area contributed by atoms with Crippen LogP contribution in [-0.4, -0.2) is 29.0 Å². The first-order chi connectivity index (χ1) is 7.85. The van der Waals surface area contributed by atoms with Crippen LogP contribution in [-0.2, 0) is 0 Å². The van der Waals surface area contributed by atoms with Crippen LogP contribution < -0.4 is 4.90 Å². The maximum atomic E-state index is 12.4. The van der Waals surface area contributed by atoms with E-state index in [4.69, 9.17) is 5.26 Å². The van der Waals surface area contributed by atoms with Gasteiger partial charge in [-0.3, -0.25) is 0 Å². The van der Waals surface area contributed by atoms with Crippen molar-refractivity contribution in [1.82, 2.24) is 10.2 Å². The fourth-order valence-electron chi connectivity index (χ4n) is 1.32. The highest BCUT2D eigenvalue weighted by atomic mass is 19.4. The molecule has 1 rings (SSSR count). The highest BCUT2D eigenvalue weighted by Crippen LogP contribution is 2.24. The Kier molecular flexibility index (Phi) is 3.89. The number of nitrogens with zero attached hydrogens (tertiary/aromatic N) is 4. The lowest BCUT2D eigenvalue weighted by molar-refractivity contribution is -0.120. The second-order valence-electron chi connectivity index (χ2n) is 3.72. The molecule has 0 aliphatic rings. The van der Waals surface area contributed by atoms with Crippen LogP contribution in [0.2, 0.25) is 0 Å². The van der Waals surface area contributed by atoms with Crippen molar-refractivity contribution in [1.29, 1.82) is 5.26 Å². The summed E-state index contributed by atoms with van der Waals surface area (Å²) in [5.41, 5.74) is 0.0814. The molecular formula is C10H11F3N4. The predicted octanol–water partition coefficient (Wildman–Crippen LogP) is 2.13. The van der Waals surface area contributed by atoms with Crippen molar-refractivity contribution in [2.75, 3.05) is 11.4 Å². The maximum Gasteiger partial charge on any atom is 0.405 e. The molecule has 0 aliphatic carbocycles. The Labute approximate surface area is 96.7 Å². The average molecular weight is 244 g/mol. The minimum Gasteiger partial charge on any atom is -0.342 e. The van der Waals surface area contributed by atoms with Gasteiger partial charge in [0.25, 0.3) is 0 Å². The van der Waals surface area contributed by atoms with Gasteiger partial charge in [-0.1, -0.05) is 0 Å². The number of alkyl halides is 3. The van der Waals surface area contributed by atoms with Crippen LogP contribution in [0.3, 0.4) is 0 Å². The van der Waals surface area contributed by atoms with Crippen molar-refractivity contribution in [3.8, 4) is 6.07 Å². The first-order valence-corrected chi connectivity index (χ1v) is 4.90. The Morgan fingerprint density at radius 2 is 2.12 bits per heavy atom. The molecule has 0 atom stereocenters. The summed E-state index contributed by atoms with van der Waals surface area (Å²) in [5, 5.41) is 15.9. The largest absolute Gasteiger partial charge is 0.405 e. The minimum absolute atomic E-state index is 0.0395. The van der Waals surface area contributed by atoms with Gasteiger partial charge in [0.2, 0.25) is 0 Å². The Hall–Kier alpha value is -1.84. The van der Waals surface area contributed by atoms with Crippen LogP contribution in [0.15, 0.2) is 12.3 Å². The summed E-state index contributed by atoms with van der Waals surface area (Å²) in [6.07, 6.45) is -3.08. The summed E-state index contributed by atoms with van der Waals surface area (Å²) in [6, 6.07) is 2.72. The topological polar surface area (TPSA) is 52.8 Å². The molecule has 0 aromatic carbocycles. The van der Waals surface area contributed by atoms with Gasteiger partial charge in [-0.15, -0.1) is 5.10 Å². The fourth-order valence-corrected chi connectivity index (χ4v) is 1.32. The van der Waals surface area contributed by atoms with Gasteiger partial charge >= 0.3 is 6.18 Å². The third-order valence-electron chi connectivity index (χ3n) is 2.07. The van der Waals surface area contributed by atoms with Gasteiger partial charge in [0.05, 0.1) is 11.8 Å². The Balaban J connectivity index is 3.11. The van der Waals surface area contributed by atoms with Crippen molar-refractivity contribution in [2.45, 2.75) is 26.1 Å². The molecule has 1 aromatic heterocycles. The second-order valence-corrected chi connectivity index (χ2v) is 3.72. The summed E-state index contributed by atoms with van der Waals surface area (Å²) >= 11 is 0. The van der Waals surface area contributed by atoms with Crippen molar-refractivity contribution in [3.05, 3.63) is 17.8 Å². The van der Waals surface area contributed by atoms with Gasteiger partial charge in [0.15, 0.2) is 5.82 Å². The maximum absolute atomic E-state index is 12.4. The van der Waals surface area contributed by atoms with Crippen molar-refractivity contribution in [3.63, 3.8) is 0 Å². The number of rotatable bonds is 3. The zero-order chi connectivity index (χ0) is 13.1. The Morgan fingerprint density at radius 1 is 1.47 bits per heavy atom. The molecule has 0 bridgehead atoms. The molecular weight excluding hydrogens is 233 g/mol. The smallest absolute Gasteiger partial charge is 0.342 e. The van der Waals surface area contributed by atoms with E-state index >= 15 is 0 Å². The lowest BCUT2D eigenvalue weighted by Crippen LogP contribution is -2.40. The predicted molar refractivity (Wildman–Crippen MR) is 55.3 cm³/mol. The molecule has 4 nitrogen and oxygen atoms in total. The Morgan fingerprint density at radius 3 is 2.59 bits per heavy atom. The lowest BCUT2D eigenvalue weighted by atomic mass is 10.2. The molecule has 0 saturated carbocycles. The SMILES string of the molecule is CC(C)N(CC(F)(F)F)c1nnccc1C#N. The molecule has 0 saturated heterocycles. The van der Waals surface area contributed by atoms with E-state index < -0.39 is 18.8 Å². The second kappa shape index (κ2) is 4.99. The van der Waals surface area contributed by atoms with Gasteiger partial charge in [-0.2, -0.15) is 23.5 Å². The van der Waals surface area contributed by atoms with Gasteiger partial charge in [0.1, 0.15) is 12.6 Å². The molecule has 17 heavy (non-hydrogen) atoms.